The molecule has 17 heavy (non-hydrogen) atoms. The molecule has 0 heterocycles. The van der Waals surface area contributed by atoms with Gasteiger partial charge in [-0.1, -0.05) is 32.6 Å². The van der Waals surface area contributed by atoms with E-state index in [1.807, 2.05) is 6.92 Å². The largest absolute Gasteiger partial charge is 0.382 e. The number of carbonyl (C=O) groups excluding carboxylic acids is 1. The van der Waals surface area contributed by atoms with Crippen LogP contribution in [0.3, 0.4) is 0 Å². The van der Waals surface area contributed by atoms with Gasteiger partial charge in [0.25, 0.3) is 0 Å². The van der Waals surface area contributed by atoms with E-state index < -0.39 is 5.54 Å². The molecule has 1 fully saturated rings. The highest BCUT2D eigenvalue weighted by Crippen LogP contribution is 2.21. The Labute approximate surface area is 104 Å². The maximum absolute atomic E-state index is 11.7. The molecule has 0 aliphatic heterocycles. The van der Waals surface area contributed by atoms with Crippen LogP contribution in [0.1, 0.15) is 51.9 Å². The Morgan fingerprint density at radius 1 is 1.35 bits per heavy atom. The summed E-state index contributed by atoms with van der Waals surface area (Å²) in [7, 11) is 1.61. The van der Waals surface area contributed by atoms with E-state index >= 15 is 0 Å². The Morgan fingerprint density at radius 2 is 1.94 bits per heavy atom. The van der Waals surface area contributed by atoms with Crippen LogP contribution < -0.4 is 11.1 Å². The van der Waals surface area contributed by atoms with Gasteiger partial charge in [-0.25, -0.2) is 0 Å². The van der Waals surface area contributed by atoms with E-state index in [9.17, 15) is 4.79 Å². The van der Waals surface area contributed by atoms with Gasteiger partial charge in [0.15, 0.2) is 0 Å². The van der Waals surface area contributed by atoms with Crippen LogP contribution in [-0.4, -0.2) is 31.2 Å². The second-order valence-electron chi connectivity index (χ2n) is 5.07. The molecule has 0 spiro atoms. The first-order valence-electron chi connectivity index (χ1n) is 6.71. The van der Waals surface area contributed by atoms with Gasteiger partial charge >= 0.3 is 0 Å². The van der Waals surface area contributed by atoms with E-state index in [-0.39, 0.29) is 5.91 Å². The third-order valence-corrected chi connectivity index (χ3v) is 3.80. The molecule has 0 saturated heterocycles. The molecule has 1 amide bonds. The van der Waals surface area contributed by atoms with Gasteiger partial charge in [-0.2, -0.15) is 0 Å². The summed E-state index contributed by atoms with van der Waals surface area (Å²) in [4.78, 5) is 11.7. The zero-order valence-corrected chi connectivity index (χ0v) is 11.1. The standard InChI is InChI=1S/C13H26N2O2/c1-3-13(10-17-2,12(14)16)15-11-8-6-4-5-7-9-11/h11,15H,3-10H2,1-2H3,(H2,14,16). The molecule has 1 aliphatic rings. The molecular formula is C13H26N2O2. The normalized spacial score (nSPS) is 21.8. The molecule has 1 atom stereocenters. The van der Waals surface area contributed by atoms with E-state index in [0.717, 1.165) is 12.8 Å². The summed E-state index contributed by atoms with van der Waals surface area (Å²) >= 11 is 0. The fraction of sp³-hybridized carbons (Fsp3) is 0.923. The van der Waals surface area contributed by atoms with Crippen LogP contribution in [0.4, 0.5) is 0 Å². The Morgan fingerprint density at radius 3 is 2.35 bits per heavy atom. The fourth-order valence-electron chi connectivity index (χ4n) is 2.62. The van der Waals surface area contributed by atoms with Crippen molar-refractivity contribution in [2.24, 2.45) is 5.73 Å². The third-order valence-electron chi connectivity index (χ3n) is 3.80. The SMILES string of the molecule is CCC(COC)(NC1CCCCCC1)C(N)=O. The molecule has 0 bridgehead atoms. The van der Waals surface area contributed by atoms with Crippen molar-refractivity contribution in [3.05, 3.63) is 0 Å². The number of primary amides is 1. The van der Waals surface area contributed by atoms with Crippen molar-refractivity contribution in [3.8, 4) is 0 Å². The van der Waals surface area contributed by atoms with E-state index in [4.69, 9.17) is 10.5 Å². The minimum atomic E-state index is -0.691. The second-order valence-corrected chi connectivity index (χ2v) is 5.07. The van der Waals surface area contributed by atoms with Gasteiger partial charge in [-0.15, -0.1) is 0 Å². The number of ether oxygens (including phenoxy) is 1. The van der Waals surface area contributed by atoms with E-state index in [2.05, 4.69) is 5.32 Å². The van der Waals surface area contributed by atoms with Gasteiger partial charge in [0.2, 0.25) is 5.91 Å². The van der Waals surface area contributed by atoms with E-state index in [1.165, 1.54) is 25.7 Å². The number of nitrogens with two attached hydrogens (primary N) is 1. The lowest BCUT2D eigenvalue weighted by Crippen LogP contribution is -2.61. The van der Waals surface area contributed by atoms with Crippen LogP contribution in [0.25, 0.3) is 0 Å². The number of carbonyl (C=O) groups is 1. The predicted octanol–water partition coefficient (Wildman–Crippen LogP) is 1.58. The number of methoxy groups -OCH3 is 1. The monoisotopic (exact) mass is 242 g/mol. The van der Waals surface area contributed by atoms with Crippen LogP contribution in [-0.2, 0) is 9.53 Å². The summed E-state index contributed by atoms with van der Waals surface area (Å²) in [6.07, 6.45) is 8.03. The molecule has 4 nitrogen and oxygen atoms in total. The minimum absolute atomic E-state index is 0.300. The van der Waals surface area contributed by atoms with Crippen molar-refractivity contribution in [3.63, 3.8) is 0 Å². The summed E-state index contributed by atoms with van der Waals surface area (Å²) in [5.74, 6) is -0.300. The number of rotatable bonds is 6. The van der Waals surface area contributed by atoms with Crippen molar-refractivity contribution in [1.82, 2.24) is 5.32 Å². The van der Waals surface area contributed by atoms with Crippen LogP contribution in [0, 0.1) is 0 Å². The molecule has 100 valence electrons. The van der Waals surface area contributed by atoms with E-state index in [1.54, 1.807) is 7.11 Å². The maximum atomic E-state index is 11.7. The molecule has 3 N–H and O–H groups in total. The van der Waals surface area contributed by atoms with Crippen LogP contribution in [0.2, 0.25) is 0 Å². The summed E-state index contributed by atoms with van der Waals surface area (Å²) < 4.78 is 5.17. The highest BCUT2D eigenvalue weighted by atomic mass is 16.5. The molecule has 0 aromatic carbocycles. The average molecular weight is 242 g/mol. The molecule has 1 unspecified atom stereocenters. The highest BCUT2D eigenvalue weighted by molar-refractivity contribution is 5.84. The van der Waals surface area contributed by atoms with Crippen molar-refractivity contribution in [2.75, 3.05) is 13.7 Å². The van der Waals surface area contributed by atoms with Crippen LogP contribution in [0.15, 0.2) is 0 Å². The van der Waals surface area contributed by atoms with Gasteiger partial charge in [-0.05, 0) is 19.3 Å². The minimum Gasteiger partial charge on any atom is -0.382 e. The van der Waals surface area contributed by atoms with Crippen molar-refractivity contribution in [1.29, 1.82) is 0 Å². The lowest BCUT2D eigenvalue weighted by Gasteiger charge is -2.34. The number of hydrogen-bond acceptors (Lipinski definition) is 3. The quantitative estimate of drug-likeness (QED) is 0.695. The average Bonchev–Trinajstić information content (AvgIpc) is 2.56. The summed E-state index contributed by atoms with van der Waals surface area (Å²) in [5.41, 5.74) is 4.85. The fourth-order valence-corrected chi connectivity index (χ4v) is 2.62. The molecule has 0 aromatic rings. The Bertz CT molecular complexity index is 238. The predicted molar refractivity (Wildman–Crippen MR) is 68.7 cm³/mol. The molecule has 4 heteroatoms. The van der Waals surface area contributed by atoms with Gasteiger partial charge in [0.05, 0.1) is 6.61 Å². The van der Waals surface area contributed by atoms with Crippen molar-refractivity contribution >= 4 is 5.91 Å². The summed E-state index contributed by atoms with van der Waals surface area (Å²) in [5, 5.41) is 3.46. The van der Waals surface area contributed by atoms with Gasteiger partial charge in [0, 0.05) is 13.2 Å². The summed E-state index contributed by atoms with van der Waals surface area (Å²) in [6.45, 7) is 2.34. The van der Waals surface area contributed by atoms with Crippen LogP contribution in [0.5, 0.6) is 0 Å². The second kappa shape index (κ2) is 6.97. The lowest BCUT2D eigenvalue weighted by atomic mass is 9.93. The number of hydrogen-bond donors (Lipinski definition) is 2. The molecule has 1 rings (SSSR count). The Hall–Kier alpha value is -0.610. The highest BCUT2D eigenvalue weighted by Gasteiger charge is 2.36. The molecule has 0 radical (unpaired) electrons. The van der Waals surface area contributed by atoms with Gasteiger partial charge < -0.3 is 10.5 Å². The topological polar surface area (TPSA) is 64.3 Å². The van der Waals surface area contributed by atoms with E-state index in [0.29, 0.717) is 19.1 Å². The lowest BCUT2D eigenvalue weighted by molar-refractivity contribution is -0.127. The smallest absolute Gasteiger partial charge is 0.240 e. The first-order valence-corrected chi connectivity index (χ1v) is 6.71. The third kappa shape index (κ3) is 3.96. The van der Waals surface area contributed by atoms with Crippen LogP contribution >= 0.6 is 0 Å². The van der Waals surface area contributed by atoms with Gasteiger partial charge in [-0.3, -0.25) is 10.1 Å². The zero-order chi connectivity index (χ0) is 12.7. The molecule has 0 aromatic heterocycles. The first-order chi connectivity index (χ1) is 8.14. The van der Waals surface area contributed by atoms with Crippen molar-refractivity contribution in [2.45, 2.75) is 63.5 Å². The number of amides is 1. The Balaban J connectivity index is 2.66. The van der Waals surface area contributed by atoms with Crippen molar-refractivity contribution < 1.29 is 9.53 Å². The first kappa shape index (κ1) is 14.5. The number of nitrogens with one attached hydrogen (secondary N) is 1. The summed E-state index contributed by atoms with van der Waals surface area (Å²) in [6, 6.07) is 0.403. The Kier molecular flexibility index (Phi) is 5.92. The van der Waals surface area contributed by atoms with Gasteiger partial charge in [0.1, 0.15) is 5.54 Å². The maximum Gasteiger partial charge on any atom is 0.240 e. The molecule has 1 saturated carbocycles. The molecular weight excluding hydrogens is 216 g/mol. The zero-order valence-electron chi connectivity index (χ0n) is 11.1. The molecule has 1 aliphatic carbocycles.